The van der Waals surface area contributed by atoms with Crippen LogP contribution in [0.3, 0.4) is 0 Å². The van der Waals surface area contributed by atoms with E-state index in [0.717, 1.165) is 17.8 Å². The van der Waals surface area contributed by atoms with Gasteiger partial charge in [-0.15, -0.1) is 0 Å². The summed E-state index contributed by atoms with van der Waals surface area (Å²) < 4.78 is 0. The highest BCUT2D eigenvalue weighted by atomic mass is 15.1. The summed E-state index contributed by atoms with van der Waals surface area (Å²) in [4.78, 5) is 4.79. The van der Waals surface area contributed by atoms with Crippen LogP contribution < -0.4 is 9.80 Å². The molecule has 3 aliphatic rings. The molecule has 11 rings (SSSR count). The number of hydrogen-bond acceptors (Lipinski definition) is 2. The zero-order valence-corrected chi connectivity index (χ0v) is 29.5. The van der Waals surface area contributed by atoms with Gasteiger partial charge in [-0.25, -0.2) is 0 Å². The molecule has 0 bridgehead atoms. The normalized spacial score (nSPS) is 13.5. The van der Waals surface area contributed by atoms with Crippen molar-refractivity contribution in [3.05, 3.63) is 221 Å². The molecule has 0 saturated heterocycles. The smallest absolute Gasteiger partial charge is 0.0727 e. The van der Waals surface area contributed by atoms with Crippen LogP contribution in [0.25, 0.3) is 33.4 Å². The summed E-state index contributed by atoms with van der Waals surface area (Å²) in [5, 5.41) is 0. The van der Waals surface area contributed by atoms with Crippen LogP contribution in [0.4, 0.5) is 28.4 Å². The second-order valence-corrected chi connectivity index (χ2v) is 14.5. The van der Waals surface area contributed by atoms with Crippen molar-refractivity contribution in [2.24, 2.45) is 0 Å². The van der Waals surface area contributed by atoms with E-state index >= 15 is 0 Å². The predicted octanol–water partition coefficient (Wildman–Crippen LogP) is 12.8. The van der Waals surface area contributed by atoms with Gasteiger partial charge in [0.25, 0.3) is 0 Å². The highest BCUT2D eigenvalue weighted by Gasteiger charge is 2.52. The van der Waals surface area contributed by atoms with E-state index < -0.39 is 5.41 Å². The lowest BCUT2D eigenvalue weighted by Crippen LogP contribution is -2.26. The maximum absolute atomic E-state index is 2.50. The number of nitrogens with zero attached hydrogens (tertiary/aromatic N) is 2. The topological polar surface area (TPSA) is 6.48 Å². The van der Waals surface area contributed by atoms with Crippen LogP contribution >= 0.6 is 0 Å². The maximum atomic E-state index is 2.50. The van der Waals surface area contributed by atoms with Crippen LogP contribution in [0.2, 0.25) is 0 Å². The average molecular weight is 677 g/mol. The Morgan fingerprint density at radius 3 is 1.57 bits per heavy atom. The first kappa shape index (κ1) is 30.0. The molecule has 0 unspecified atom stereocenters. The standard InChI is InChI=1S/C51H36N2/c1-52(36-17-4-2-5-18-36)38-27-29-43-44-30-28-39(33-48(44)51(47(43)32-38)45-24-12-10-22-41(45)42-23-11-13-25-46(42)51)53(37-19-6-3-7-20-37)49-26-14-16-35-31-34-15-8-9-21-40(34)50(35)49/h2-30,32-33H,31H2,1H3. The predicted molar refractivity (Wildman–Crippen MR) is 220 cm³/mol. The van der Waals surface area contributed by atoms with Gasteiger partial charge in [0.15, 0.2) is 0 Å². The van der Waals surface area contributed by atoms with Crippen LogP contribution in [0.5, 0.6) is 0 Å². The third-order valence-corrected chi connectivity index (χ3v) is 11.9. The molecular formula is C51H36N2. The zero-order chi connectivity index (χ0) is 35.1. The van der Waals surface area contributed by atoms with E-state index in [2.05, 4.69) is 205 Å². The van der Waals surface area contributed by atoms with E-state index in [-0.39, 0.29) is 0 Å². The summed E-state index contributed by atoms with van der Waals surface area (Å²) >= 11 is 0. The van der Waals surface area contributed by atoms with Crippen molar-refractivity contribution in [3.63, 3.8) is 0 Å². The van der Waals surface area contributed by atoms with E-state index in [4.69, 9.17) is 0 Å². The number of rotatable bonds is 5. The number of benzene rings is 8. The van der Waals surface area contributed by atoms with Crippen molar-refractivity contribution >= 4 is 28.4 Å². The molecule has 0 amide bonds. The molecule has 2 nitrogen and oxygen atoms in total. The van der Waals surface area contributed by atoms with Crippen LogP contribution in [0.1, 0.15) is 33.4 Å². The first-order valence-electron chi connectivity index (χ1n) is 18.5. The van der Waals surface area contributed by atoms with E-state index in [9.17, 15) is 0 Å². The fraction of sp³-hybridized carbons (Fsp3) is 0.0588. The minimum atomic E-state index is -0.477. The molecule has 0 radical (unpaired) electrons. The average Bonchev–Trinajstić information content (AvgIpc) is 3.85. The Balaban J connectivity index is 1.19. The Labute approximate surface area is 310 Å². The Morgan fingerprint density at radius 1 is 0.377 bits per heavy atom. The number of fused-ring (bicyclic) bond motifs is 13. The molecule has 0 aliphatic heterocycles. The molecule has 2 heteroatoms. The van der Waals surface area contributed by atoms with Gasteiger partial charge in [-0.05, 0) is 122 Å². The fourth-order valence-corrected chi connectivity index (χ4v) is 9.62. The summed E-state index contributed by atoms with van der Waals surface area (Å²) in [7, 11) is 2.18. The summed E-state index contributed by atoms with van der Waals surface area (Å²) in [6.07, 6.45) is 0.956. The molecule has 250 valence electrons. The largest absolute Gasteiger partial charge is 0.345 e. The van der Waals surface area contributed by atoms with Crippen molar-refractivity contribution in [1.82, 2.24) is 0 Å². The van der Waals surface area contributed by atoms with Gasteiger partial charge < -0.3 is 9.80 Å². The lowest BCUT2D eigenvalue weighted by molar-refractivity contribution is 0.793. The third kappa shape index (κ3) is 4.21. The molecule has 8 aromatic rings. The summed E-state index contributed by atoms with van der Waals surface area (Å²) in [6.45, 7) is 0. The summed E-state index contributed by atoms with van der Waals surface area (Å²) in [6, 6.07) is 69.8. The monoisotopic (exact) mass is 676 g/mol. The Hall–Kier alpha value is -6.64. The van der Waals surface area contributed by atoms with Crippen LogP contribution in [-0.4, -0.2) is 7.05 Å². The zero-order valence-electron chi connectivity index (χ0n) is 29.5. The van der Waals surface area contributed by atoms with E-state index in [1.807, 2.05) is 0 Å². The van der Waals surface area contributed by atoms with Gasteiger partial charge in [0, 0.05) is 35.4 Å². The molecule has 0 saturated carbocycles. The van der Waals surface area contributed by atoms with E-state index in [0.29, 0.717) is 0 Å². The van der Waals surface area contributed by atoms with Gasteiger partial charge in [0.1, 0.15) is 0 Å². The van der Waals surface area contributed by atoms with E-state index in [1.165, 1.54) is 83.8 Å². The van der Waals surface area contributed by atoms with Gasteiger partial charge in [-0.3, -0.25) is 0 Å². The SMILES string of the molecule is CN(c1ccccc1)c1ccc2c(c1)C1(c3ccccc3-c3ccccc31)c1cc(N(c3ccccc3)c3cccc4c3-c3ccccc3C4)ccc1-2. The Bertz CT molecular complexity index is 2680. The molecule has 1 spiro atoms. The molecule has 0 atom stereocenters. The number of hydrogen-bond donors (Lipinski definition) is 0. The van der Waals surface area contributed by atoms with Crippen molar-refractivity contribution in [2.45, 2.75) is 11.8 Å². The minimum absolute atomic E-state index is 0.477. The van der Waals surface area contributed by atoms with Crippen LogP contribution in [0, 0.1) is 0 Å². The second kappa shape index (κ2) is 11.4. The molecule has 53 heavy (non-hydrogen) atoms. The molecule has 0 aromatic heterocycles. The third-order valence-electron chi connectivity index (χ3n) is 11.9. The number of para-hydroxylation sites is 2. The highest BCUT2D eigenvalue weighted by Crippen LogP contribution is 2.64. The van der Waals surface area contributed by atoms with E-state index in [1.54, 1.807) is 0 Å². The summed E-state index contributed by atoms with van der Waals surface area (Å²) in [5.74, 6) is 0. The Morgan fingerprint density at radius 2 is 0.887 bits per heavy atom. The number of anilines is 5. The van der Waals surface area contributed by atoms with Crippen LogP contribution in [0.15, 0.2) is 188 Å². The fourth-order valence-electron chi connectivity index (χ4n) is 9.62. The van der Waals surface area contributed by atoms with Gasteiger partial charge >= 0.3 is 0 Å². The molecule has 0 N–H and O–H groups in total. The first-order chi connectivity index (χ1) is 26.2. The van der Waals surface area contributed by atoms with Gasteiger partial charge in [0.05, 0.1) is 11.1 Å². The van der Waals surface area contributed by atoms with Gasteiger partial charge in [0.2, 0.25) is 0 Å². The molecule has 0 heterocycles. The first-order valence-corrected chi connectivity index (χ1v) is 18.5. The molecule has 0 fully saturated rings. The van der Waals surface area contributed by atoms with Crippen molar-refractivity contribution < 1.29 is 0 Å². The maximum Gasteiger partial charge on any atom is 0.0727 e. The van der Waals surface area contributed by atoms with Crippen molar-refractivity contribution in [1.29, 1.82) is 0 Å². The molecule has 3 aliphatic carbocycles. The lowest BCUT2D eigenvalue weighted by Gasteiger charge is -2.33. The van der Waals surface area contributed by atoms with Crippen LogP contribution in [-0.2, 0) is 11.8 Å². The van der Waals surface area contributed by atoms with Crippen molar-refractivity contribution in [3.8, 4) is 33.4 Å². The Kier molecular flexibility index (Phi) is 6.48. The molecule has 8 aromatic carbocycles. The highest BCUT2D eigenvalue weighted by molar-refractivity contribution is 5.98. The molecular weight excluding hydrogens is 641 g/mol. The van der Waals surface area contributed by atoms with Gasteiger partial charge in [-0.1, -0.05) is 133 Å². The quantitative estimate of drug-likeness (QED) is 0.179. The second-order valence-electron chi connectivity index (χ2n) is 14.5. The lowest BCUT2D eigenvalue weighted by atomic mass is 9.70. The van der Waals surface area contributed by atoms with Crippen molar-refractivity contribution in [2.75, 3.05) is 16.8 Å². The minimum Gasteiger partial charge on any atom is -0.345 e. The summed E-state index contributed by atoms with van der Waals surface area (Å²) in [5.41, 5.74) is 21.4. The van der Waals surface area contributed by atoms with Gasteiger partial charge in [-0.2, -0.15) is 0 Å².